The van der Waals surface area contributed by atoms with Gasteiger partial charge in [0.2, 0.25) is 20.0 Å². The van der Waals surface area contributed by atoms with Gasteiger partial charge in [0, 0.05) is 42.5 Å². The molecule has 0 aromatic carbocycles. The largest absolute Gasteiger partial charge is 0.369 e. The van der Waals surface area contributed by atoms with E-state index < -0.39 is 20.0 Å². The summed E-state index contributed by atoms with van der Waals surface area (Å²) in [6.07, 6.45) is 27.3. The smallest absolute Gasteiger partial charge is 0.208 e. The van der Waals surface area contributed by atoms with Crippen LogP contribution in [-0.2, 0) is 29.5 Å². The first-order valence-corrected chi connectivity index (χ1v) is 33.3. The number of likely N-dealkylation sites (tertiary alicyclic amines) is 1. The Bertz CT molecular complexity index is 2340. The highest BCUT2D eigenvalue weighted by molar-refractivity contribution is 7.89. The summed E-state index contributed by atoms with van der Waals surface area (Å²) in [5, 5.41) is 3.85. The zero-order chi connectivity index (χ0) is 50.4. The molecule has 4 heterocycles. The van der Waals surface area contributed by atoms with E-state index in [2.05, 4.69) is 82.1 Å². The van der Waals surface area contributed by atoms with E-state index in [0.29, 0.717) is 64.7 Å². The average Bonchev–Trinajstić information content (AvgIpc) is 3.95. The third-order valence-corrected chi connectivity index (χ3v) is 25.9. The van der Waals surface area contributed by atoms with Crippen LogP contribution in [0.1, 0.15) is 184 Å². The molecule has 12 heteroatoms. The first-order chi connectivity index (χ1) is 33.4. The maximum absolute atomic E-state index is 11.9. The Kier molecular flexibility index (Phi) is 13.7. The van der Waals surface area contributed by atoms with E-state index in [0.717, 1.165) is 86.5 Å². The minimum Gasteiger partial charge on any atom is -0.369 e. The van der Waals surface area contributed by atoms with Crippen molar-refractivity contribution < 1.29 is 26.3 Å². The summed E-state index contributed by atoms with van der Waals surface area (Å²) in [6, 6.07) is 1.37. The molecular weight excluding hydrogens is 925 g/mol. The van der Waals surface area contributed by atoms with E-state index >= 15 is 0 Å². The topological polar surface area (TPSA) is 126 Å². The molecule has 0 amide bonds. The van der Waals surface area contributed by atoms with Crippen LogP contribution in [0.2, 0.25) is 0 Å². The fraction of sp³-hybridized carbons (Fsp3) is 0.932. The number of nitrogens with one attached hydrogen (secondary N) is 3. The first-order valence-electron chi connectivity index (χ1n) is 29.5. The fourth-order valence-electron chi connectivity index (χ4n) is 21.1. The molecule has 0 radical (unpaired) electrons. The molecule has 12 aliphatic rings. The molecule has 22 atom stereocenters. The van der Waals surface area contributed by atoms with Gasteiger partial charge in [-0.2, -0.15) is 0 Å². The van der Waals surface area contributed by atoms with Crippen molar-refractivity contribution >= 4 is 20.0 Å². The Morgan fingerprint density at radius 1 is 0.606 bits per heavy atom. The third kappa shape index (κ3) is 9.19. The summed E-state index contributed by atoms with van der Waals surface area (Å²) in [7, 11) is -3.93. The lowest BCUT2D eigenvalue weighted by Gasteiger charge is -2.54. The second-order valence-corrected chi connectivity index (χ2v) is 32.1. The molecular formula is C59H98N4O6S2. The Labute approximate surface area is 432 Å². The van der Waals surface area contributed by atoms with E-state index in [-0.39, 0.29) is 23.3 Å². The highest BCUT2D eigenvalue weighted by atomic mass is 32.2. The van der Waals surface area contributed by atoms with Gasteiger partial charge in [-0.25, -0.2) is 26.3 Å². The minimum atomic E-state index is -3.13. The van der Waals surface area contributed by atoms with E-state index in [1.54, 1.807) is 22.3 Å². The number of hydrogen-bond acceptors (Lipinski definition) is 8. The van der Waals surface area contributed by atoms with Gasteiger partial charge < -0.3 is 19.7 Å². The number of allylic oxidation sites excluding steroid dienone is 2. The molecule has 4 aliphatic heterocycles. The highest BCUT2D eigenvalue weighted by Gasteiger charge is 2.62. The minimum absolute atomic E-state index is 0.0276. The van der Waals surface area contributed by atoms with Gasteiger partial charge >= 0.3 is 0 Å². The number of nitrogens with zero attached hydrogens (tertiary/aromatic N) is 1. The molecule has 0 bridgehead atoms. The number of piperidine rings is 2. The summed E-state index contributed by atoms with van der Waals surface area (Å²) in [4.78, 5) is 2.61. The van der Waals surface area contributed by atoms with E-state index in [1.807, 2.05) is 0 Å². The third-order valence-electron chi connectivity index (χ3n) is 24.4. The number of sulfonamides is 2. The monoisotopic (exact) mass is 1020 g/mol. The number of likely N-dealkylation sites (N-methyl/N-ethyl adjacent to an activating group) is 1. The molecule has 0 unspecified atom stereocenters. The van der Waals surface area contributed by atoms with Crippen molar-refractivity contribution in [2.45, 2.75) is 231 Å². The molecule has 12 rings (SSSR count). The van der Waals surface area contributed by atoms with Crippen LogP contribution in [-0.4, -0.2) is 102 Å². The number of ether oxygens (including phenoxy) is 2. The molecule has 4 saturated heterocycles. The van der Waals surface area contributed by atoms with Crippen molar-refractivity contribution in [1.29, 1.82) is 0 Å². The van der Waals surface area contributed by atoms with Crippen LogP contribution in [0.4, 0.5) is 0 Å². The summed E-state index contributed by atoms with van der Waals surface area (Å²) < 4.78 is 67.5. The lowest BCUT2D eigenvalue weighted by molar-refractivity contribution is -0.0797. The molecule has 2 spiro atoms. The fourth-order valence-corrected chi connectivity index (χ4v) is 22.7. The van der Waals surface area contributed by atoms with Gasteiger partial charge in [-0.3, -0.25) is 0 Å². The molecule has 0 aromatic heterocycles. The van der Waals surface area contributed by atoms with Gasteiger partial charge in [0.05, 0.1) is 35.9 Å². The SMILES string of the molecule is CC1=C2C[C@H]3[C@@H](CC[C@@H]4C[C@H](NS(C)(=O)=O)CC[C@@]43C)[C@@H]2CC[C@@]2(C1)O[C@@H]1C[C@H](C)CN(C)[C@H]1[C@H]2C.CC1=C2C[C@H]3[C@@H](CC[C@@H]4C[C@H](NS(C)(=O)=O)CC[C@@]43C)[C@@H]2CC[C@@]2(C1)O[C@@H]1C[C@H](C)CN[C@H]1[C@H]2C. The second-order valence-electron chi connectivity index (χ2n) is 28.6. The molecule has 8 aliphatic carbocycles. The van der Waals surface area contributed by atoms with Gasteiger partial charge in [0.15, 0.2) is 0 Å². The Morgan fingerprint density at radius 3 is 1.59 bits per heavy atom. The van der Waals surface area contributed by atoms with Crippen LogP contribution in [0.25, 0.3) is 0 Å². The Hall–Kier alpha value is -0.860. The van der Waals surface area contributed by atoms with Crippen LogP contribution >= 0.6 is 0 Å². The number of hydrogen-bond donors (Lipinski definition) is 3. The maximum atomic E-state index is 11.9. The quantitative estimate of drug-likeness (QED) is 0.238. The van der Waals surface area contributed by atoms with Crippen molar-refractivity contribution in [2.24, 2.45) is 81.8 Å². The van der Waals surface area contributed by atoms with E-state index in [4.69, 9.17) is 9.47 Å². The molecule has 402 valence electrons. The summed E-state index contributed by atoms with van der Waals surface area (Å²) in [5.41, 5.74) is 7.67. The Morgan fingerprint density at radius 2 is 1.08 bits per heavy atom. The lowest BCUT2D eigenvalue weighted by atomic mass is 9.52. The average molecular weight is 1020 g/mol. The van der Waals surface area contributed by atoms with Crippen LogP contribution in [0.15, 0.2) is 22.3 Å². The zero-order valence-electron chi connectivity index (χ0n) is 46.2. The predicted octanol–water partition coefficient (Wildman–Crippen LogP) is 10.4. The van der Waals surface area contributed by atoms with E-state index in [9.17, 15) is 16.8 Å². The molecule has 10 nitrogen and oxygen atoms in total. The van der Waals surface area contributed by atoms with Crippen LogP contribution in [0.3, 0.4) is 0 Å². The molecule has 3 N–H and O–H groups in total. The van der Waals surface area contributed by atoms with Crippen molar-refractivity contribution in [3.05, 3.63) is 22.3 Å². The lowest BCUT2D eigenvalue weighted by Crippen LogP contribution is -2.50. The van der Waals surface area contributed by atoms with Crippen molar-refractivity contribution in [3.8, 4) is 0 Å². The van der Waals surface area contributed by atoms with Gasteiger partial charge in [0.1, 0.15) is 0 Å². The van der Waals surface area contributed by atoms with Gasteiger partial charge in [-0.15, -0.1) is 0 Å². The standard InChI is InChI=1S/C30H50N2O3S.C29H48N2O3S/c1-18-13-27-28(32(5)17-18)20(3)30(35-27)12-10-23-24-8-7-21-14-22(31-36(6,33)34)9-11-29(21,4)26(24)15-25(23)19(2)16-30;1-17-12-26-27(30-16-17)19(3)29(34-26)11-9-22-23-7-6-20-13-21(31-35(5,32)33)8-10-28(20,4)25(23)14-24(22)18(2)15-29/h18,20-24,26-28,31H,7-17H2,1-6H3;17,19-23,25-27,30-31H,6-16H2,1-5H3/t18-,20+,21+,22+,23-,24-,26-,27+,28-,29-,30-;17-,19+,20+,21+,22-,23-,25-,26+,27-,28-,29-/m00/s1. The van der Waals surface area contributed by atoms with Gasteiger partial charge in [0.25, 0.3) is 0 Å². The van der Waals surface area contributed by atoms with Crippen LogP contribution in [0, 0.1) is 81.8 Å². The number of rotatable bonds is 4. The molecule has 6 saturated carbocycles. The second kappa shape index (κ2) is 18.7. The summed E-state index contributed by atoms with van der Waals surface area (Å²) >= 11 is 0. The summed E-state index contributed by atoms with van der Waals surface area (Å²) in [6.45, 7) is 22.1. The van der Waals surface area contributed by atoms with Crippen LogP contribution < -0.4 is 14.8 Å². The zero-order valence-corrected chi connectivity index (χ0v) is 47.8. The first kappa shape index (κ1) is 52.2. The normalized spacial score (nSPS) is 51.7. The van der Waals surface area contributed by atoms with Crippen molar-refractivity contribution in [2.75, 3.05) is 32.6 Å². The maximum Gasteiger partial charge on any atom is 0.208 e. The molecule has 71 heavy (non-hydrogen) atoms. The van der Waals surface area contributed by atoms with Crippen molar-refractivity contribution in [1.82, 2.24) is 19.7 Å². The summed E-state index contributed by atoms with van der Waals surface area (Å²) in [5.74, 6) is 8.58. The molecule has 0 aromatic rings. The number of fused-ring (bicyclic) bond motifs is 12. The Balaban J connectivity index is 0.000000154. The highest BCUT2D eigenvalue weighted by Crippen LogP contribution is 2.67. The van der Waals surface area contributed by atoms with E-state index in [1.165, 1.54) is 109 Å². The van der Waals surface area contributed by atoms with Crippen LogP contribution in [0.5, 0.6) is 0 Å². The van der Waals surface area contributed by atoms with Crippen molar-refractivity contribution in [3.63, 3.8) is 0 Å². The predicted molar refractivity (Wildman–Crippen MR) is 285 cm³/mol. The van der Waals surface area contributed by atoms with Gasteiger partial charge in [-0.1, -0.05) is 63.8 Å². The van der Waals surface area contributed by atoms with Gasteiger partial charge in [-0.05, 0) is 226 Å². The molecule has 10 fully saturated rings.